The van der Waals surface area contributed by atoms with Crippen molar-refractivity contribution in [2.45, 2.75) is 39.5 Å². The lowest BCUT2D eigenvalue weighted by molar-refractivity contribution is -0.131. The molecule has 6 nitrogen and oxygen atoms in total. The molecule has 0 saturated carbocycles. The zero-order chi connectivity index (χ0) is 21.4. The molecule has 0 heterocycles. The molecule has 156 valence electrons. The van der Waals surface area contributed by atoms with Crippen LogP contribution in [0.15, 0.2) is 46.9 Å². The highest BCUT2D eigenvalue weighted by Crippen LogP contribution is 2.30. The molecular formula is C22H27BrN2O4. The van der Waals surface area contributed by atoms with Crippen molar-refractivity contribution in [3.63, 3.8) is 0 Å². The number of halogens is 1. The molecule has 29 heavy (non-hydrogen) atoms. The van der Waals surface area contributed by atoms with Gasteiger partial charge in [0.05, 0.1) is 4.47 Å². The average molecular weight is 463 g/mol. The van der Waals surface area contributed by atoms with E-state index in [0.717, 1.165) is 22.0 Å². The third kappa shape index (κ3) is 7.09. The minimum Gasteiger partial charge on any atom is -0.483 e. The Labute approximate surface area is 180 Å². The highest BCUT2D eigenvalue weighted by molar-refractivity contribution is 9.10. The van der Waals surface area contributed by atoms with E-state index in [-0.39, 0.29) is 18.6 Å². The van der Waals surface area contributed by atoms with Crippen LogP contribution >= 0.6 is 15.9 Å². The maximum atomic E-state index is 12.0. The number of ether oxygens (including phenoxy) is 2. The van der Waals surface area contributed by atoms with E-state index in [1.807, 2.05) is 36.4 Å². The number of carbonyl (C=O) groups excluding carboxylic acids is 2. The number of aryl methyl sites for hydroxylation is 1. The Kier molecular flexibility index (Phi) is 8.08. The molecule has 0 spiro atoms. The van der Waals surface area contributed by atoms with Crippen molar-refractivity contribution in [3.05, 3.63) is 58.1 Å². The van der Waals surface area contributed by atoms with E-state index >= 15 is 0 Å². The van der Waals surface area contributed by atoms with Gasteiger partial charge in [0, 0.05) is 0 Å². The predicted octanol–water partition coefficient (Wildman–Crippen LogP) is 3.91. The molecule has 0 fully saturated rings. The Balaban J connectivity index is 1.77. The Bertz CT molecular complexity index is 862. The van der Waals surface area contributed by atoms with Crippen LogP contribution in [0, 0.1) is 0 Å². The normalized spacial score (nSPS) is 10.9. The standard InChI is InChI=1S/C22H27BrN2O4/c1-5-15-10-11-19(17(23)12-15)29-14-21(27)25-24-20(26)13-28-18-9-7-6-8-16(18)22(2,3)4/h6-12H,5,13-14H2,1-4H3,(H,24,26)(H,25,27). The molecule has 2 aromatic rings. The molecule has 0 radical (unpaired) electrons. The van der Waals surface area contributed by atoms with E-state index in [1.165, 1.54) is 0 Å². The molecule has 0 unspecified atom stereocenters. The second-order valence-corrected chi connectivity index (χ2v) is 8.39. The molecule has 0 aliphatic heterocycles. The van der Waals surface area contributed by atoms with E-state index < -0.39 is 11.8 Å². The van der Waals surface area contributed by atoms with Crippen molar-refractivity contribution in [2.24, 2.45) is 0 Å². The van der Waals surface area contributed by atoms with Gasteiger partial charge < -0.3 is 9.47 Å². The zero-order valence-electron chi connectivity index (χ0n) is 17.2. The van der Waals surface area contributed by atoms with Gasteiger partial charge in [-0.15, -0.1) is 0 Å². The quantitative estimate of drug-likeness (QED) is 0.611. The van der Waals surface area contributed by atoms with Gasteiger partial charge in [0.1, 0.15) is 11.5 Å². The summed E-state index contributed by atoms with van der Waals surface area (Å²) >= 11 is 3.42. The van der Waals surface area contributed by atoms with Crippen molar-refractivity contribution in [3.8, 4) is 11.5 Å². The molecule has 0 saturated heterocycles. The van der Waals surface area contributed by atoms with Crippen molar-refractivity contribution in [1.82, 2.24) is 10.9 Å². The predicted molar refractivity (Wildman–Crippen MR) is 116 cm³/mol. The Morgan fingerprint density at radius 1 is 0.931 bits per heavy atom. The summed E-state index contributed by atoms with van der Waals surface area (Å²) in [6.45, 7) is 7.84. The van der Waals surface area contributed by atoms with Gasteiger partial charge in [0.15, 0.2) is 13.2 Å². The molecule has 2 N–H and O–H groups in total. The smallest absolute Gasteiger partial charge is 0.276 e. The summed E-state index contributed by atoms with van der Waals surface area (Å²) in [6, 6.07) is 13.3. The van der Waals surface area contributed by atoms with Crippen LogP contribution in [0.3, 0.4) is 0 Å². The average Bonchev–Trinajstić information content (AvgIpc) is 2.69. The van der Waals surface area contributed by atoms with Gasteiger partial charge in [-0.2, -0.15) is 0 Å². The van der Waals surface area contributed by atoms with E-state index in [4.69, 9.17) is 9.47 Å². The minimum atomic E-state index is -0.472. The van der Waals surface area contributed by atoms with Crippen LogP contribution in [0.1, 0.15) is 38.8 Å². The molecule has 2 aromatic carbocycles. The van der Waals surface area contributed by atoms with Crippen LogP contribution in [-0.4, -0.2) is 25.0 Å². The van der Waals surface area contributed by atoms with Crippen LogP contribution in [0.4, 0.5) is 0 Å². The monoisotopic (exact) mass is 462 g/mol. The maximum Gasteiger partial charge on any atom is 0.276 e. The number of amides is 2. The van der Waals surface area contributed by atoms with Gasteiger partial charge in [-0.25, -0.2) is 0 Å². The van der Waals surface area contributed by atoms with Crippen molar-refractivity contribution in [2.75, 3.05) is 13.2 Å². The minimum absolute atomic E-state index is 0.109. The first kappa shape index (κ1) is 22.7. The lowest BCUT2D eigenvalue weighted by Gasteiger charge is -2.22. The number of hydrogen-bond donors (Lipinski definition) is 2. The van der Waals surface area contributed by atoms with Crippen molar-refractivity contribution < 1.29 is 19.1 Å². The van der Waals surface area contributed by atoms with Crippen LogP contribution < -0.4 is 20.3 Å². The number of hydrogen-bond acceptors (Lipinski definition) is 4. The summed E-state index contributed by atoms with van der Waals surface area (Å²) in [4.78, 5) is 23.9. The highest BCUT2D eigenvalue weighted by atomic mass is 79.9. The third-order valence-corrected chi connectivity index (χ3v) is 4.78. The van der Waals surface area contributed by atoms with E-state index in [9.17, 15) is 9.59 Å². The number of carbonyl (C=O) groups is 2. The van der Waals surface area contributed by atoms with Crippen molar-refractivity contribution >= 4 is 27.7 Å². The molecular weight excluding hydrogens is 436 g/mol. The molecule has 0 aliphatic rings. The summed E-state index contributed by atoms with van der Waals surface area (Å²) in [5.74, 6) is 0.270. The molecule has 0 aromatic heterocycles. The van der Waals surface area contributed by atoms with Crippen LogP contribution in [0.5, 0.6) is 11.5 Å². The van der Waals surface area contributed by atoms with Crippen LogP contribution in [0.2, 0.25) is 0 Å². The van der Waals surface area contributed by atoms with Crippen LogP contribution in [0.25, 0.3) is 0 Å². The molecule has 7 heteroatoms. The van der Waals surface area contributed by atoms with Gasteiger partial charge in [0.25, 0.3) is 11.8 Å². The fourth-order valence-corrected chi connectivity index (χ4v) is 3.13. The second-order valence-electron chi connectivity index (χ2n) is 7.54. The van der Waals surface area contributed by atoms with Gasteiger partial charge in [-0.3, -0.25) is 20.4 Å². The van der Waals surface area contributed by atoms with Crippen molar-refractivity contribution in [1.29, 1.82) is 0 Å². The first-order valence-electron chi connectivity index (χ1n) is 9.42. The summed E-state index contributed by atoms with van der Waals surface area (Å²) in [7, 11) is 0. The lowest BCUT2D eigenvalue weighted by Crippen LogP contribution is -2.45. The van der Waals surface area contributed by atoms with Gasteiger partial charge >= 0.3 is 0 Å². The number of benzene rings is 2. The second kappa shape index (κ2) is 10.3. The first-order valence-corrected chi connectivity index (χ1v) is 10.2. The summed E-state index contributed by atoms with van der Waals surface area (Å²) in [5.41, 5.74) is 6.70. The number of nitrogens with one attached hydrogen (secondary N) is 2. The molecule has 0 aliphatic carbocycles. The Morgan fingerprint density at radius 2 is 1.52 bits per heavy atom. The first-order chi connectivity index (χ1) is 13.7. The van der Waals surface area contributed by atoms with E-state index in [2.05, 4.69) is 54.5 Å². The molecule has 2 amide bonds. The van der Waals surface area contributed by atoms with Crippen LogP contribution in [-0.2, 0) is 21.4 Å². The number of rotatable bonds is 7. The van der Waals surface area contributed by atoms with Gasteiger partial charge in [-0.05, 0) is 57.1 Å². The molecule has 0 atom stereocenters. The van der Waals surface area contributed by atoms with E-state index in [1.54, 1.807) is 6.07 Å². The summed E-state index contributed by atoms with van der Waals surface area (Å²) < 4.78 is 11.9. The largest absolute Gasteiger partial charge is 0.483 e. The molecule has 2 rings (SSSR count). The zero-order valence-corrected chi connectivity index (χ0v) is 18.8. The highest BCUT2D eigenvalue weighted by Gasteiger charge is 2.19. The Hall–Kier alpha value is -2.54. The summed E-state index contributed by atoms with van der Waals surface area (Å²) in [5, 5.41) is 0. The summed E-state index contributed by atoms with van der Waals surface area (Å²) in [6.07, 6.45) is 0.910. The third-order valence-electron chi connectivity index (χ3n) is 4.16. The van der Waals surface area contributed by atoms with E-state index in [0.29, 0.717) is 11.5 Å². The fourth-order valence-electron chi connectivity index (χ4n) is 2.59. The molecule has 0 bridgehead atoms. The van der Waals surface area contributed by atoms with Gasteiger partial charge in [-0.1, -0.05) is 52.0 Å². The topological polar surface area (TPSA) is 76.7 Å². The number of hydrazine groups is 1. The Morgan fingerprint density at radius 3 is 2.07 bits per heavy atom. The fraction of sp³-hybridized carbons (Fsp3) is 0.364. The number of para-hydroxylation sites is 1. The maximum absolute atomic E-state index is 12.0. The van der Waals surface area contributed by atoms with Gasteiger partial charge in [0.2, 0.25) is 0 Å². The SMILES string of the molecule is CCc1ccc(OCC(=O)NNC(=O)COc2ccccc2C(C)(C)C)c(Br)c1. The lowest BCUT2D eigenvalue weighted by atomic mass is 9.86.